The Morgan fingerprint density at radius 1 is 1.16 bits per heavy atom. The summed E-state index contributed by atoms with van der Waals surface area (Å²) in [5.41, 5.74) is 2.08. The lowest BCUT2D eigenvalue weighted by molar-refractivity contribution is -0.140. The van der Waals surface area contributed by atoms with Crippen LogP contribution in [0.4, 0.5) is 0 Å². The van der Waals surface area contributed by atoms with E-state index in [4.69, 9.17) is 21.1 Å². The molecule has 4 rings (SSSR count). The predicted octanol–water partition coefficient (Wildman–Crippen LogP) is 3.08. The molecule has 0 saturated carbocycles. The Hall–Kier alpha value is -3.00. The number of methoxy groups -OCH3 is 1. The lowest BCUT2D eigenvalue weighted by atomic mass is 9.96. The van der Waals surface area contributed by atoms with Gasteiger partial charge >= 0.3 is 5.97 Å². The number of ether oxygens (including phenoxy) is 2. The van der Waals surface area contributed by atoms with Crippen molar-refractivity contribution in [3.63, 3.8) is 0 Å². The van der Waals surface area contributed by atoms with Crippen LogP contribution in [0.2, 0.25) is 5.02 Å². The summed E-state index contributed by atoms with van der Waals surface area (Å²) in [6.45, 7) is 2.11. The van der Waals surface area contributed by atoms with Crippen LogP contribution in [-0.4, -0.2) is 30.9 Å². The van der Waals surface area contributed by atoms with Gasteiger partial charge in [0.05, 0.1) is 22.4 Å². The summed E-state index contributed by atoms with van der Waals surface area (Å²) in [6.07, 6.45) is 1.82. The second kappa shape index (κ2) is 9.65. The molecule has 1 aliphatic rings. The van der Waals surface area contributed by atoms with Crippen LogP contribution >= 0.6 is 22.9 Å². The number of benzene rings is 2. The number of esters is 1. The summed E-state index contributed by atoms with van der Waals surface area (Å²) in [5.74, 6) is -0.550. The Bertz CT molecular complexity index is 1360. The van der Waals surface area contributed by atoms with Crippen LogP contribution < -0.4 is 14.9 Å². The lowest BCUT2D eigenvalue weighted by Crippen LogP contribution is -2.40. The Labute approximate surface area is 193 Å². The predicted molar refractivity (Wildman–Crippen MR) is 124 cm³/mol. The molecule has 2 aromatic carbocycles. The average molecular weight is 469 g/mol. The summed E-state index contributed by atoms with van der Waals surface area (Å²) in [4.78, 5) is 31.6. The molecule has 0 unspecified atom stereocenters. The lowest BCUT2D eigenvalue weighted by Gasteiger charge is -2.25. The van der Waals surface area contributed by atoms with Gasteiger partial charge in [0.25, 0.3) is 5.56 Å². The monoisotopic (exact) mass is 468 g/mol. The topological polar surface area (TPSA) is 69.9 Å². The van der Waals surface area contributed by atoms with E-state index in [9.17, 15) is 9.59 Å². The van der Waals surface area contributed by atoms with Crippen molar-refractivity contribution in [1.29, 1.82) is 0 Å². The van der Waals surface area contributed by atoms with Gasteiger partial charge in [0, 0.05) is 12.1 Å². The molecule has 0 radical (unpaired) electrons. The fourth-order valence-corrected chi connectivity index (χ4v) is 4.86. The molecule has 0 fully saturated rings. The number of aromatic nitrogens is 1. The SMILES string of the molecule is COCCOC(=O)C1=C(C)N=c2s/c(=C\c3ccccc3)c(=O)n2[C@@H]1c1ccccc1Cl. The zero-order valence-electron chi connectivity index (χ0n) is 17.6. The minimum absolute atomic E-state index is 0.0970. The van der Waals surface area contributed by atoms with Crippen molar-refractivity contribution >= 4 is 35.0 Å². The van der Waals surface area contributed by atoms with Gasteiger partial charge in [0.2, 0.25) is 0 Å². The average Bonchev–Trinajstić information content (AvgIpc) is 3.08. The van der Waals surface area contributed by atoms with Gasteiger partial charge in [-0.1, -0.05) is 71.5 Å². The van der Waals surface area contributed by atoms with Gasteiger partial charge in [-0.3, -0.25) is 9.36 Å². The quantitative estimate of drug-likeness (QED) is 0.412. The molecule has 1 aromatic heterocycles. The minimum Gasteiger partial charge on any atom is -0.460 e. The van der Waals surface area contributed by atoms with Crippen molar-refractivity contribution in [2.75, 3.05) is 20.3 Å². The number of rotatable bonds is 6. The molecule has 8 heteroatoms. The number of thiazole rings is 1. The van der Waals surface area contributed by atoms with Crippen molar-refractivity contribution in [2.24, 2.45) is 4.99 Å². The summed E-state index contributed by atoms with van der Waals surface area (Å²) in [5, 5.41) is 0.451. The Kier molecular flexibility index (Phi) is 6.69. The van der Waals surface area contributed by atoms with Crippen molar-refractivity contribution in [1.82, 2.24) is 4.57 Å². The number of allylic oxidation sites excluding steroid dienone is 1. The third kappa shape index (κ3) is 4.32. The number of fused-ring (bicyclic) bond motifs is 1. The minimum atomic E-state index is -0.743. The highest BCUT2D eigenvalue weighted by atomic mass is 35.5. The molecule has 0 aliphatic carbocycles. The van der Waals surface area contributed by atoms with Crippen LogP contribution in [-0.2, 0) is 14.3 Å². The molecule has 2 heterocycles. The van der Waals surface area contributed by atoms with Gasteiger partial charge in [0.15, 0.2) is 4.80 Å². The number of halogens is 1. The Morgan fingerprint density at radius 2 is 1.88 bits per heavy atom. The molecule has 1 aliphatic heterocycles. The third-order valence-electron chi connectivity index (χ3n) is 5.06. The van der Waals surface area contributed by atoms with E-state index in [1.165, 1.54) is 23.0 Å². The molecular formula is C24H21ClN2O4S. The fourth-order valence-electron chi connectivity index (χ4n) is 3.57. The van der Waals surface area contributed by atoms with E-state index in [1.54, 1.807) is 19.1 Å². The van der Waals surface area contributed by atoms with E-state index in [2.05, 4.69) is 4.99 Å². The van der Waals surface area contributed by atoms with Gasteiger partial charge in [-0.2, -0.15) is 0 Å². The number of carbonyl (C=O) groups excluding carboxylic acids is 1. The van der Waals surface area contributed by atoms with Crippen molar-refractivity contribution in [3.05, 3.63) is 102 Å². The van der Waals surface area contributed by atoms with Crippen LogP contribution in [0, 0.1) is 0 Å². The molecule has 0 spiro atoms. The van der Waals surface area contributed by atoms with Gasteiger partial charge in [-0.05, 0) is 30.2 Å². The second-order valence-corrected chi connectivity index (χ2v) is 8.56. The molecule has 0 N–H and O–H groups in total. The summed E-state index contributed by atoms with van der Waals surface area (Å²) >= 11 is 7.79. The standard InChI is InChI=1S/C24H21ClN2O4S/c1-15-20(23(29)31-13-12-30-2)21(17-10-6-7-11-18(17)25)27-22(28)19(32-24(27)26-15)14-16-8-4-3-5-9-16/h3-11,14,21H,12-13H2,1-2H3/b19-14-/t21-/m1/s1. The van der Waals surface area contributed by atoms with Crippen molar-refractivity contribution < 1.29 is 14.3 Å². The molecule has 1 atom stereocenters. The maximum absolute atomic E-state index is 13.5. The number of hydrogen-bond acceptors (Lipinski definition) is 6. The van der Waals surface area contributed by atoms with Gasteiger partial charge in [-0.15, -0.1) is 0 Å². The molecule has 32 heavy (non-hydrogen) atoms. The van der Waals surface area contributed by atoms with Crippen LogP contribution in [0.15, 0.2) is 75.7 Å². The highest BCUT2D eigenvalue weighted by Gasteiger charge is 2.34. The number of nitrogens with zero attached hydrogens (tertiary/aromatic N) is 2. The molecular weight excluding hydrogens is 448 g/mol. The first-order valence-electron chi connectivity index (χ1n) is 9.99. The van der Waals surface area contributed by atoms with Gasteiger partial charge in [-0.25, -0.2) is 9.79 Å². The summed E-state index contributed by atoms with van der Waals surface area (Å²) < 4.78 is 12.4. The van der Waals surface area contributed by atoms with E-state index in [1.807, 2.05) is 48.5 Å². The summed E-state index contributed by atoms with van der Waals surface area (Å²) in [6, 6.07) is 16.0. The van der Waals surface area contributed by atoms with Crippen LogP contribution in [0.25, 0.3) is 6.08 Å². The van der Waals surface area contributed by atoms with E-state index in [0.29, 0.717) is 25.6 Å². The zero-order chi connectivity index (χ0) is 22.7. The number of hydrogen-bond donors (Lipinski definition) is 0. The van der Waals surface area contributed by atoms with Gasteiger partial charge < -0.3 is 9.47 Å². The van der Waals surface area contributed by atoms with Crippen LogP contribution in [0.3, 0.4) is 0 Å². The molecule has 0 bridgehead atoms. The first-order valence-corrected chi connectivity index (χ1v) is 11.2. The van der Waals surface area contributed by atoms with Crippen molar-refractivity contribution in [2.45, 2.75) is 13.0 Å². The molecule has 3 aromatic rings. The van der Waals surface area contributed by atoms with E-state index < -0.39 is 12.0 Å². The first-order chi connectivity index (χ1) is 15.5. The van der Waals surface area contributed by atoms with Crippen LogP contribution in [0.1, 0.15) is 24.1 Å². The maximum Gasteiger partial charge on any atom is 0.338 e. The zero-order valence-corrected chi connectivity index (χ0v) is 19.2. The molecule has 0 saturated heterocycles. The summed E-state index contributed by atoms with van der Waals surface area (Å²) in [7, 11) is 1.53. The highest BCUT2D eigenvalue weighted by molar-refractivity contribution is 7.07. The second-order valence-electron chi connectivity index (χ2n) is 7.14. The van der Waals surface area contributed by atoms with Crippen molar-refractivity contribution in [3.8, 4) is 0 Å². The molecule has 0 amide bonds. The normalized spacial score (nSPS) is 16.0. The smallest absolute Gasteiger partial charge is 0.338 e. The number of carbonyl (C=O) groups is 1. The Morgan fingerprint density at radius 3 is 2.59 bits per heavy atom. The largest absolute Gasteiger partial charge is 0.460 e. The van der Waals surface area contributed by atoms with E-state index in [-0.39, 0.29) is 24.3 Å². The maximum atomic E-state index is 13.5. The third-order valence-corrected chi connectivity index (χ3v) is 6.39. The Balaban J connectivity index is 1.91. The highest BCUT2D eigenvalue weighted by Crippen LogP contribution is 2.34. The van der Waals surface area contributed by atoms with E-state index in [0.717, 1.165) is 5.56 Å². The first kappa shape index (κ1) is 22.2. The fraction of sp³-hybridized carbons (Fsp3) is 0.208. The molecule has 164 valence electrons. The molecule has 6 nitrogen and oxygen atoms in total. The van der Waals surface area contributed by atoms with Crippen LogP contribution in [0.5, 0.6) is 0 Å². The van der Waals surface area contributed by atoms with E-state index >= 15 is 0 Å². The van der Waals surface area contributed by atoms with Gasteiger partial charge in [0.1, 0.15) is 12.6 Å².